The Balaban J connectivity index is 1.32. The quantitative estimate of drug-likeness (QED) is 0.187. The summed E-state index contributed by atoms with van der Waals surface area (Å²) in [4.78, 5) is 14.0. The maximum absolute atomic E-state index is 10.1. The first-order valence-electron chi connectivity index (χ1n) is 15.7. The molecule has 232 valence electrons. The highest BCUT2D eigenvalue weighted by molar-refractivity contribution is 7.98. The predicted molar refractivity (Wildman–Crippen MR) is 175 cm³/mol. The van der Waals surface area contributed by atoms with Crippen LogP contribution in [-0.2, 0) is 25.3 Å². The van der Waals surface area contributed by atoms with Crippen LogP contribution in [0.2, 0.25) is 0 Å². The van der Waals surface area contributed by atoms with E-state index in [1.807, 2.05) is 25.6 Å². The highest BCUT2D eigenvalue weighted by atomic mass is 32.2. The Morgan fingerprint density at radius 2 is 1.98 bits per heavy atom. The van der Waals surface area contributed by atoms with E-state index in [0.29, 0.717) is 28.1 Å². The Hall–Kier alpha value is -3.73. The zero-order valence-electron chi connectivity index (χ0n) is 26.0. The monoisotopic (exact) mass is 640 g/mol. The van der Waals surface area contributed by atoms with Crippen LogP contribution in [0.15, 0.2) is 21.8 Å². The van der Waals surface area contributed by atoms with Crippen LogP contribution in [0, 0.1) is 11.3 Å². The van der Waals surface area contributed by atoms with Gasteiger partial charge in [0.05, 0.1) is 22.4 Å². The first-order valence-corrected chi connectivity index (χ1v) is 17.7. The van der Waals surface area contributed by atoms with Gasteiger partial charge >= 0.3 is 0 Å². The summed E-state index contributed by atoms with van der Waals surface area (Å²) in [5.41, 5.74) is 11.8. The third-order valence-electron chi connectivity index (χ3n) is 10.3. The van der Waals surface area contributed by atoms with E-state index in [1.165, 1.54) is 11.3 Å². The zero-order chi connectivity index (χ0) is 31.0. The number of thioether (sulfide) groups is 1. The lowest BCUT2D eigenvalue weighted by Crippen LogP contribution is -2.35. The van der Waals surface area contributed by atoms with Gasteiger partial charge in [-0.1, -0.05) is 5.16 Å². The number of thiophene rings is 1. The van der Waals surface area contributed by atoms with Gasteiger partial charge in [-0.25, -0.2) is 14.6 Å². The smallest absolute Gasteiger partial charge is 0.185 e. The molecule has 1 fully saturated rings. The molecular formula is C32H36N10OS2. The van der Waals surface area contributed by atoms with Crippen LogP contribution in [0.1, 0.15) is 78.8 Å². The fourth-order valence-electron chi connectivity index (χ4n) is 8.19. The first kappa shape index (κ1) is 28.7. The van der Waals surface area contributed by atoms with E-state index in [0.717, 1.165) is 95.8 Å². The van der Waals surface area contributed by atoms with E-state index < -0.39 is 5.41 Å². The van der Waals surface area contributed by atoms with Crippen molar-refractivity contribution in [1.82, 2.24) is 39.6 Å². The molecule has 0 bridgehead atoms. The van der Waals surface area contributed by atoms with Gasteiger partial charge in [-0.05, 0) is 89.8 Å². The third-order valence-corrected chi connectivity index (χ3v) is 12.0. The fourth-order valence-corrected chi connectivity index (χ4v) is 9.92. The van der Waals surface area contributed by atoms with E-state index in [1.54, 1.807) is 27.8 Å². The van der Waals surface area contributed by atoms with Crippen molar-refractivity contribution in [2.75, 3.05) is 25.6 Å². The van der Waals surface area contributed by atoms with Crippen molar-refractivity contribution in [1.29, 1.82) is 5.26 Å². The molecule has 2 N–H and O–H groups in total. The minimum absolute atomic E-state index is 0.0959. The SMILES string of the molecule is CSc1nc(-c2noc3c2CCC[C@@]32CCCc3sc(N)c(C#N)c32)nc2c1c(-c1ccn(C)n1)nn2[C@@H](C)[C@@H]1CCCN1C. The molecule has 6 heterocycles. The van der Waals surface area contributed by atoms with Gasteiger partial charge < -0.3 is 15.2 Å². The van der Waals surface area contributed by atoms with Crippen molar-refractivity contribution >= 4 is 39.1 Å². The topological polar surface area (TPSA) is 140 Å². The van der Waals surface area contributed by atoms with Crippen molar-refractivity contribution < 1.29 is 4.52 Å². The normalized spacial score (nSPS) is 22.2. The summed E-state index contributed by atoms with van der Waals surface area (Å²) in [6.45, 7) is 3.32. The van der Waals surface area contributed by atoms with Crippen molar-refractivity contribution in [3.8, 4) is 29.0 Å². The molecule has 2 aliphatic carbocycles. The molecule has 3 atom stereocenters. The van der Waals surface area contributed by atoms with Crippen LogP contribution in [0.5, 0.6) is 0 Å². The number of rotatable bonds is 5. The largest absolute Gasteiger partial charge is 0.389 e. The highest BCUT2D eigenvalue weighted by Crippen LogP contribution is 2.55. The molecule has 5 aromatic heterocycles. The number of nitriles is 1. The second-order valence-corrected chi connectivity index (χ2v) is 14.7. The highest BCUT2D eigenvalue weighted by Gasteiger charge is 2.49. The van der Waals surface area contributed by atoms with Gasteiger partial charge in [0.25, 0.3) is 0 Å². The fraction of sp³-hybridized carbons (Fsp3) is 0.500. The van der Waals surface area contributed by atoms with Crippen LogP contribution in [0.4, 0.5) is 5.00 Å². The van der Waals surface area contributed by atoms with Crippen molar-refractivity contribution in [2.24, 2.45) is 7.05 Å². The van der Waals surface area contributed by atoms with Crippen LogP contribution in [0.25, 0.3) is 33.9 Å². The minimum Gasteiger partial charge on any atom is -0.389 e. The minimum atomic E-state index is -0.395. The lowest BCUT2D eigenvalue weighted by Gasteiger charge is -2.39. The summed E-state index contributed by atoms with van der Waals surface area (Å²) < 4.78 is 10.2. The molecule has 1 aliphatic heterocycles. The van der Waals surface area contributed by atoms with Gasteiger partial charge in [-0.15, -0.1) is 23.1 Å². The number of fused-ring (bicyclic) bond motifs is 5. The summed E-state index contributed by atoms with van der Waals surface area (Å²) in [5, 5.41) is 27.1. The molecular weight excluding hydrogens is 605 g/mol. The Kier molecular flexibility index (Phi) is 6.81. The summed E-state index contributed by atoms with van der Waals surface area (Å²) in [5.74, 6) is 1.41. The molecule has 0 unspecified atom stereocenters. The molecule has 45 heavy (non-hydrogen) atoms. The Morgan fingerprint density at radius 3 is 2.69 bits per heavy atom. The van der Waals surface area contributed by atoms with E-state index >= 15 is 0 Å². The van der Waals surface area contributed by atoms with Crippen LogP contribution >= 0.6 is 23.1 Å². The number of aryl methyl sites for hydroxylation is 2. The molecule has 3 aliphatic rings. The lowest BCUT2D eigenvalue weighted by molar-refractivity contribution is 0.232. The van der Waals surface area contributed by atoms with Gasteiger partial charge in [-0.3, -0.25) is 4.68 Å². The number of likely N-dealkylation sites (N-methyl/N-ethyl adjacent to an activating group) is 1. The number of hydrogen-bond acceptors (Lipinski definition) is 11. The number of nitrogens with two attached hydrogens (primary N) is 1. The Labute approximate surface area is 269 Å². The Bertz CT molecular complexity index is 1990. The lowest BCUT2D eigenvalue weighted by atomic mass is 9.63. The summed E-state index contributed by atoms with van der Waals surface area (Å²) in [7, 11) is 4.11. The van der Waals surface area contributed by atoms with Crippen molar-refractivity contribution in [2.45, 2.75) is 80.8 Å². The number of nitrogens with zero attached hydrogens (tertiary/aromatic N) is 9. The van der Waals surface area contributed by atoms with E-state index in [2.05, 4.69) is 29.6 Å². The number of likely N-dealkylation sites (tertiary alicyclic amines) is 1. The summed E-state index contributed by atoms with van der Waals surface area (Å²) >= 11 is 3.14. The van der Waals surface area contributed by atoms with Gasteiger partial charge in [0.1, 0.15) is 27.5 Å². The maximum atomic E-state index is 10.1. The van der Waals surface area contributed by atoms with Crippen LogP contribution in [0.3, 0.4) is 0 Å². The molecule has 0 radical (unpaired) electrons. The van der Waals surface area contributed by atoms with Crippen LogP contribution in [-0.4, -0.2) is 65.5 Å². The number of hydrogen-bond donors (Lipinski definition) is 1. The van der Waals surface area contributed by atoms with Crippen molar-refractivity contribution in [3.63, 3.8) is 0 Å². The van der Waals surface area contributed by atoms with Gasteiger partial charge in [0.2, 0.25) is 0 Å². The molecule has 1 spiro atoms. The molecule has 5 aromatic rings. The molecule has 0 saturated carbocycles. The predicted octanol–water partition coefficient (Wildman–Crippen LogP) is 5.73. The van der Waals surface area contributed by atoms with Gasteiger partial charge in [0.15, 0.2) is 22.9 Å². The van der Waals surface area contributed by atoms with Gasteiger partial charge in [-0.2, -0.15) is 15.5 Å². The summed E-state index contributed by atoms with van der Waals surface area (Å²) in [6, 6.07) is 4.86. The molecule has 1 saturated heterocycles. The average molecular weight is 641 g/mol. The van der Waals surface area contributed by atoms with Gasteiger partial charge in [0, 0.05) is 29.7 Å². The van der Waals surface area contributed by atoms with E-state index in [9.17, 15) is 5.26 Å². The second-order valence-electron chi connectivity index (χ2n) is 12.7. The number of nitrogen functional groups attached to an aromatic ring is 1. The molecule has 13 heteroatoms. The average Bonchev–Trinajstić information content (AvgIpc) is 3.86. The number of anilines is 1. The number of aromatic nitrogens is 7. The Morgan fingerprint density at radius 1 is 1.16 bits per heavy atom. The molecule has 11 nitrogen and oxygen atoms in total. The third kappa shape index (κ3) is 4.22. The second kappa shape index (κ2) is 10.7. The van der Waals surface area contributed by atoms with E-state index in [-0.39, 0.29) is 6.04 Å². The van der Waals surface area contributed by atoms with Crippen molar-refractivity contribution in [3.05, 3.63) is 39.6 Å². The zero-order valence-corrected chi connectivity index (χ0v) is 27.6. The van der Waals surface area contributed by atoms with E-state index in [4.69, 9.17) is 35.6 Å². The molecule has 0 amide bonds. The standard InChI is InChI=1S/C32H36N10OS2/c1-17(21-9-7-14-40(21)2)42-30-23(26(38-42)20-11-15-41(3)37-20)31(44-4)36-29(35-30)25-18-8-5-12-32(27(18)43-39-25)13-6-10-22-24(32)19(16-33)28(34)45-22/h11,15,17,21H,5-10,12-14,34H2,1-4H3/t17-,21-,32-/m0/s1. The first-order chi connectivity index (χ1) is 21.8. The summed E-state index contributed by atoms with van der Waals surface area (Å²) in [6.07, 6.45) is 11.8. The van der Waals surface area contributed by atoms with Crippen LogP contribution < -0.4 is 5.73 Å². The molecule has 0 aromatic carbocycles. The molecule has 8 rings (SSSR count). The maximum Gasteiger partial charge on any atom is 0.185 e.